The lowest BCUT2D eigenvalue weighted by atomic mass is 9.86. The molecule has 0 amide bonds. The summed E-state index contributed by atoms with van der Waals surface area (Å²) in [7, 11) is 1.67. The molecule has 82 valence electrons. The van der Waals surface area contributed by atoms with Crippen LogP contribution in [0.2, 0.25) is 5.02 Å². The number of halogens is 2. The minimum atomic E-state index is 0.146. The minimum absolute atomic E-state index is 0.146. The van der Waals surface area contributed by atoms with Gasteiger partial charge in [0.25, 0.3) is 0 Å². The lowest BCUT2D eigenvalue weighted by molar-refractivity contribution is 0.414. The Labute approximate surface area is 104 Å². The molecule has 0 saturated carbocycles. The van der Waals surface area contributed by atoms with E-state index in [2.05, 4.69) is 35.8 Å². The lowest BCUT2D eigenvalue weighted by Crippen LogP contribution is -2.12. The van der Waals surface area contributed by atoms with Crippen LogP contribution in [0.5, 0.6) is 5.75 Å². The van der Waals surface area contributed by atoms with Gasteiger partial charge in [0, 0.05) is 9.85 Å². The van der Waals surface area contributed by atoms with Crippen molar-refractivity contribution < 1.29 is 4.74 Å². The first-order valence-electron chi connectivity index (χ1n) is 4.97. The summed E-state index contributed by atoms with van der Waals surface area (Å²) in [6, 6.07) is 3.97. The Morgan fingerprint density at radius 3 is 2.73 bits per heavy atom. The molecule has 0 heterocycles. The van der Waals surface area contributed by atoms with E-state index in [0.29, 0.717) is 4.83 Å². The summed E-state index contributed by atoms with van der Waals surface area (Å²) < 4.78 is 5.23. The van der Waals surface area contributed by atoms with Crippen LogP contribution in [-0.2, 0) is 5.41 Å². The number of hydrogen-bond donors (Lipinski definition) is 0. The Kier molecular flexibility index (Phi) is 2.76. The number of rotatable bonds is 1. The number of benzene rings is 1. The van der Waals surface area contributed by atoms with Crippen LogP contribution in [0.15, 0.2) is 12.1 Å². The van der Waals surface area contributed by atoms with Crippen LogP contribution in [-0.4, -0.2) is 7.11 Å². The molecule has 1 unspecified atom stereocenters. The average Bonchev–Trinajstić information content (AvgIpc) is 2.37. The third kappa shape index (κ3) is 1.78. The molecule has 3 heteroatoms. The monoisotopic (exact) mass is 288 g/mol. The van der Waals surface area contributed by atoms with Crippen molar-refractivity contribution in [3.63, 3.8) is 0 Å². The van der Waals surface area contributed by atoms with Crippen molar-refractivity contribution in [3.05, 3.63) is 28.3 Å². The van der Waals surface area contributed by atoms with Crippen molar-refractivity contribution in [2.45, 2.75) is 30.5 Å². The summed E-state index contributed by atoms with van der Waals surface area (Å²) in [6.45, 7) is 4.46. The number of hydrogen-bond acceptors (Lipinski definition) is 1. The smallest absolute Gasteiger partial charge is 0.120 e. The van der Waals surface area contributed by atoms with Gasteiger partial charge in [0.2, 0.25) is 0 Å². The molecule has 0 N–H and O–H groups in total. The summed E-state index contributed by atoms with van der Waals surface area (Å²) in [5.41, 5.74) is 2.67. The maximum atomic E-state index is 6.30. The van der Waals surface area contributed by atoms with E-state index in [0.717, 1.165) is 17.2 Å². The minimum Gasteiger partial charge on any atom is -0.497 e. The number of alkyl halides is 1. The molecule has 1 aliphatic rings. The number of methoxy groups -OCH3 is 1. The summed E-state index contributed by atoms with van der Waals surface area (Å²) in [6.07, 6.45) is 1.08. The van der Waals surface area contributed by atoms with Crippen molar-refractivity contribution >= 4 is 27.5 Å². The molecule has 1 nitrogen and oxygen atoms in total. The highest BCUT2D eigenvalue weighted by molar-refractivity contribution is 9.09. The van der Waals surface area contributed by atoms with E-state index in [1.54, 1.807) is 7.11 Å². The van der Waals surface area contributed by atoms with Crippen molar-refractivity contribution in [3.8, 4) is 5.75 Å². The molecule has 1 atom stereocenters. The first kappa shape index (κ1) is 11.3. The van der Waals surface area contributed by atoms with Gasteiger partial charge in [-0.25, -0.2) is 0 Å². The van der Waals surface area contributed by atoms with Crippen molar-refractivity contribution in [2.24, 2.45) is 0 Å². The topological polar surface area (TPSA) is 9.23 Å². The molecule has 0 fully saturated rings. The largest absolute Gasteiger partial charge is 0.497 e. The second-order valence-corrected chi connectivity index (χ2v) is 6.14. The van der Waals surface area contributed by atoms with E-state index in [1.807, 2.05) is 6.07 Å². The first-order valence-corrected chi connectivity index (χ1v) is 6.27. The van der Waals surface area contributed by atoms with Gasteiger partial charge in [-0.3, -0.25) is 0 Å². The zero-order valence-corrected chi connectivity index (χ0v) is 11.4. The van der Waals surface area contributed by atoms with E-state index in [-0.39, 0.29) is 5.41 Å². The molecule has 0 radical (unpaired) electrons. The van der Waals surface area contributed by atoms with Crippen molar-refractivity contribution in [2.75, 3.05) is 7.11 Å². The molecule has 0 aliphatic heterocycles. The van der Waals surface area contributed by atoms with Crippen LogP contribution < -0.4 is 4.74 Å². The predicted molar refractivity (Wildman–Crippen MR) is 67.3 cm³/mol. The van der Waals surface area contributed by atoms with Gasteiger partial charge in [-0.2, -0.15) is 0 Å². The summed E-state index contributed by atoms with van der Waals surface area (Å²) in [5.74, 6) is 0.834. The van der Waals surface area contributed by atoms with Crippen molar-refractivity contribution in [1.29, 1.82) is 0 Å². The fourth-order valence-electron chi connectivity index (χ4n) is 2.34. The molecular weight excluding hydrogens is 275 g/mol. The van der Waals surface area contributed by atoms with Crippen LogP contribution in [0.3, 0.4) is 0 Å². The second kappa shape index (κ2) is 3.67. The molecule has 0 spiro atoms. The van der Waals surface area contributed by atoms with Gasteiger partial charge in [0.15, 0.2) is 0 Å². The maximum absolute atomic E-state index is 6.30. The molecule has 0 saturated heterocycles. The Morgan fingerprint density at radius 2 is 2.13 bits per heavy atom. The Bertz CT molecular complexity index is 401. The van der Waals surface area contributed by atoms with Gasteiger partial charge < -0.3 is 4.74 Å². The zero-order valence-electron chi connectivity index (χ0n) is 9.10. The van der Waals surface area contributed by atoms with Gasteiger partial charge in [0.05, 0.1) is 7.11 Å². The average molecular weight is 290 g/mol. The normalized spacial score (nSPS) is 22.6. The quantitative estimate of drug-likeness (QED) is 0.693. The fourth-order valence-corrected chi connectivity index (χ4v) is 3.98. The SMILES string of the molecule is COc1cc(Cl)c2c(c1)C(Br)CC2(C)C. The molecule has 1 aromatic rings. The highest BCUT2D eigenvalue weighted by Crippen LogP contribution is 2.52. The zero-order chi connectivity index (χ0) is 11.2. The lowest BCUT2D eigenvalue weighted by Gasteiger charge is -2.20. The van der Waals surface area contributed by atoms with E-state index in [1.165, 1.54) is 11.1 Å². The van der Waals surface area contributed by atoms with Gasteiger partial charge in [-0.05, 0) is 35.1 Å². The number of ether oxygens (including phenoxy) is 1. The molecular formula is C12H14BrClO. The Morgan fingerprint density at radius 1 is 1.47 bits per heavy atom. The third-order valence-electron chi connectivity index (χ3n) is 3.03. The maximum Gasteiger partial charge on any atom is 0.120 e. The Balaban J connectivity index is 2.63. The van der Waals surface area contributed by atoms with Crippen LogP contribution in [0.1, 0.15) is 36.2 Å². The predicted octanol–water partition coefficient (Wildman–Crippen LogP) is 4.47. The second-order valence-electron chi connectivity index (χ2n) is 4.63. The van der Waals surface area contributed by atoms with Gasteiger partial charge in [-0.1, -0.05) is 41.4 Å². The summed E-state index contributed by atoms with van der Waals surface area (Å²) in [5, 5.41) is 0.816. The summed E-state index contributed by atoms with van der Waals surface area (Å²) in [4.78, 5) is 0.384. The van der Waals surface area contributed by atoms with E-state index in [4.69, 9.17) is 16.3 Å². The molecule has 1 aliphatic carbocycles. The van der Waals surface area contributed by atoms with E-state index < -0.39 is 0 Å². The molecule has 2 rings (SSSR count). The Hall–Kier alpha value is -0.210. The third-order valence-corrected chi connectivity index (χ3v) is 4.15. The molecule has 15 heavy (non-hydrogen) atoms. The van der Waals surface area contributed by atoms with E-state index in [9.17, 15) is 0 Å². The van der Waals surface area contributed by atoms with Gasteiger partial charge >= 0.3 is 0 Å². The highest BCUT2D eigenvalue weighted by atomic mass is 79.9. The highest BCUT2D eigenvalue weighted by Gasteiger charge is 2.37. The van der Waals surface area contributed by atoms with Gasteiger partial charge in [0.1, 0.15) is 5.75 Å². The fraction of sp³-hybridized carbons (Fsp3) is 0.500. The van der Waals surface area contributed by atoms with E-state index >= 15 is 0 Å². The first-order chi connectivity index (χ1) is 6.95. The molecule has 0 aromatic heterocycles. The molecule has 0 bridgehead atoms. The molecule has 1 aromatic carbocycles. The van der Waals surface area contributed by atoms with Crippen LogP contribution in [0.4, 0.5) is 0 Å². The van der Waals surface area contributed by atoms with Crippen molar-refractivity contribution in [1.82, 2.24) is 0 Å². The standard InChI is InChI=1S/C12H14BrClO/c1-12(2)6-9(13)8-4-7(15-3)5-10(14)11(8)12/h4-5,9H,6H2,1-3H3. The van der Waals surface area contributed by atoms with Crippen LogP contribution in [0, 0.1) is 0 Å². The summed E-state index contributed by atoms with van der Waals surface area (Å²) >= 11 is 10.00. The van der Waals surface area contributed by atoms with Gasteiger partial charge in [-0.15, -0.1) is 0 Å². The van der Waals surface area contributed by atoms with Crippen LogP contribution in [0.25, 0.3) is 0 Å². The van der Waals surface area contributed by atoms with Crippen LogP contribution >= 0.6 is 27.5 Å². The number of fused-ring (bicyclic) bond motifs is 1.